The third-order valence-corrected chi connectivity index (χ3v) is 2.11. The van der Waals surface area contributed by atoms with Crippen LogP contribution in [-0.2, 0) is 0 Å². The maximum Gasteiger partial charge on any atom is 0.488 e. The van der Waals surface area contributed by atoms with Gasteiger partial charge in [-0.25, -0.2) is 4.79 Å². The van der Waals surface area contributed by atoms with Crippen molar-refractivity contribution >= 4 is 18.6 Å². The molecular formula is C11H15BO5. The van der Waals surface area contributed by atoms with Crippen LogP contribution in [0, 0.1) is 5.92 Å². The summed E-state index contributed by atoms with van der Waals surface area (Å²) in [4.78, 5) is 10.9. The largest absolute Gasteiger partial charge is 0.492 e. The van der Waals surface area contributed by atoms with Crippen LogP contribution in [0.4, 0.5) is 0 Å². The smallest absolute Gasteiger partial charge is 0.488 e. The second kappa shape index (κ2) is 5.70. The average Bonchev–Trinajstić information content (AvgIpc) is 2.25. The summed E-state index contributed by atoms with van der Waals surface area (Å²) in [6, 6.07) is 3.97. The number of ether oxygens (including phenoxy) is 1. The lowest BCUT2D eigenvalue weighted by molar-refractivity contribution is 0.0691. The first-order chi connectivity index (χ1) is 7.91. The number of aromatic carboxylic acids is 1. The highest BCUT2D eigenvalue weighted by molar-refractivity contribution is 6.58. The third kappa shape index (κ3) is 3.76. The summed E-state index contributed by atoms with van der Waals surface area (Å²) in [5.41, 5.74) is 0.212. The van der Waals surface area contributed by atoms with E-state index in [1.807, 2.05) is 13.8 Å². The first kappa shape index (κ1) is 13.5. The zero-order chi connectivity index (χ0) is 13.0. The van der Waals surface area contributed by atoms with Crippen molar-refractivity contribution in [3.8, 4) is 5.75 Å². The van der Waals surface area contributed by atoms with E-state index in [1.54, 1.807) is 0 Å². The monoisotopic (exact) mass is 238 g/mol. The highest BCUT2D eigenvalue weighted by Gasteiger charge is 2.17. The normalized spacial score (nSPS) is 10.4. The van der Waals surface area contributed by atoms with Gasteiger partial charge < -0.3 is 19.9 Å². The summed E-state index contributed by atoms with van der Waals surface area (Å²) in [6.07, 6.45) is 0. The minimum Gasteiger partial charge on any atom is -0.492 e. The van der Waals surface area contributed by atoms with Gasteiger partial charge in [0.05, 0.1) is 6.61 Å². The number of carbonyl (C=O) groups is 1. The minimum absolute atomic E-state index is 0.00931. The van der Waals surface area contributed by atoms with Crippen molar-refractivity contribution in [1.29, 1.82) is 0 Å². The lowest BCUT2D eigenvalue weighted by atomic mass is 9.80. The highest BCUT2D eigenvalue weighted by Crippen LogP contribution is 2.17. The Hall–Kier alpha value is -1.53. The van der Waals surface area contributed by atoms with E-state index in [9.17, 15) is 4.79 Å². The molecule has 0 heterocycles. The topological polar surface area (TPSA) is 87.0 Å². The van der Waals surface area contributed by atoms with Crippen LogP contribution in [0.2, 0.25) is 0 Å². The molecule has 0 aliphatic heterocycles. The van der Waals surface area contributed by atoms with E-state index in [1.165, 1.54) is 18.2 Å². The van der Waals surface area contributed by atoms with Gasteiger partial charge in [-0.05, 0) is 23.5 Å². The molecule has 0 saturated carbocycles. The predicted molar refractivity (Wildman–Crippen MR) is 63.6 cm³/mol. The molecule has 0 saturated heterocycles. The molecule has 0 aromatic heterocycles. The Kier molecular flexibility index (Phi) is 4.54. The molecule has 0 aliphatic rings. The van der Waals surface area contributed by atoms with Crippen LogP contribution in [0.3, 0.4) is 0 Å². The SMILES string of the molecule is CC(C)COc1cc(B(O)O)ccc1C(=O)O. The second-order valence-electron chi connectivity index (χ2n) is 4.14. The summed E-state index contributed by atoms with van der Waals surface area (Å²) in [7, 11) is -1.64. The van der Waals surface area contributed by atoms with E-state index in [0.717, 1.165) is 0 Å². The Bertz CT molecular complexity index is 403. The quantitative estimate of drug-likeness (QED) is 0.633. The number of carboxylic acids is 1. The van der Waals surface area contributed by atoms with Crippen LogP contribution in [0.15, 0.2) is 18.2 Å². The molecule has 0 bridgehead atoms. The van der Waals surface area contributed by atoms with Crippen molar-refractivity contribution in [2.24, 2.45) is 5.92 Å². The van der Waals surface area contributed by atoms with E-state index < -0.39 is 13.1 Å². The van der Waals surface area contributed by atoms with Crippen molar-refractivity contribution in [2.75, 3.05) is 6.61 Å². The standard InChI is InChI=1S/C11H15BO5/c1-7(2)6-17-10-5-8(12(15)16)3-4-9(10)11(13)14/h3-5,7,15-16H,6H2,1-2H3,(H,13,14). The van der Waals surface area contributed by atoms with E-state index >= 15 is 0 Å². The van der Waals surface area contributed by atoms with Gasteiger partial charge in [0.2, 0.25) is 0 Å². The second-order valence-corrected chi connectivity index (χ2v) is 4.14. The lowest BCUT2D eigenvalue weighted by Crippen LogP contribution is -2.30. The molecule has 17 heavy (non-hydrogen) atoms. The van der Waals surface area contributed by atoms with Crippen molar-refractivity contribution in [3.05, 3.63) is 23.8 Å². The fourth-order valence-corrected chi connectivity index (χ4v) is 1.25. The fraction of sp³-hybridized carbons (Fsp3) is 0.364. The molecule has 6 heteroatoms. The third-order valence-electron chi connectivity index (χ3n) is 2.11. The number of hydrogen-bond donors (Lipinski definition) is 3. The number of hydrogen-bond acceptors (Lipinski definition) is 4. The van der Waals surface area contributed by atoms with Gasteiger partial charge in [-0.2, -0.15) is 0 Å². The molecule has 0 atom stereocenters. The molecule has 0 radical (unpaired) electrons. The Morgan fingerprint density at radius 3 is 2.53 bits per heavy atom. The van der Waals surface area contributed by atoms with Gasteiger partial charge in [-0.3, -0.25) is 0 Å². The first-order valence-electron chi connectivity index (χ1n) is 5.28. The van der Waals surface area contributed by atoms with Crippen LogP contribution < -0.4 is 10.2 Å². The molecule has 0 unspecified atom stereocenters. The van der Waals surface area contributed by atoms with Gasteiger partial charge in [-0.15, -0.1) is 0 Å². The molecule has 3 N–H and O–H groups in total. The van der Waals surface area contributed by atoms with E-state index in [-0.39, 0.29) is 22.7 Å². The van der Waals surface area contributed by atoms with Crippen LogP contribution >= 0.6 is 0 Å². The first-order valence-corrected chi connectivity index (χ1v) is 5.28. The van der Waals surface area contributed by atoms with E-state index in [4.69, 9.17) is 19.9 Å². The van der Waals surface area contributed by atoms with Gasteiger partial charge >= 0.3 is 13.1 Å². The molecule has 1 aromatic carbocycles. The fourth-order valence-electron chi connectivity index (χ4n) is 1.25. The van der Waals surface area contributed by atoms with Crippen LogP contribution in [0.1, 0.15) is 24.2 Å². The van der Waals surface area contributed by atoms with Crippen molar-refractivity contribution < 1.29 is 24.7 Å². The highest BCUT2D eigenvalue weighted by atomic mass is 16.5. The van der Waals surface area contributed by atoms with Gasteiger partial charge in [0, 0.05) is 0 Å². The molecule has 92 valence electrons. The number of rotatable bonds is 5. The molecule has 5 nitrogen and oxygen atoms in total. The van der Waals surface area contributed by atoms with Gasteiger partial charge in [0.1, 0.15) is 11.3 Å². The maximum absolute atomic E-state index is 10.9. The summed E-state index contributed by atoms with van der Waals surface area (Å²) >= 11 is 0. The van der Waals surface area contributed by atoms with E-state index in [2.05, 4.69) is 0 Å². The van der Waals surface area contributed by atoms with Gasteiger partial charge in [-0.1, -0.05) is 19.9 Å². The Balaban J connectivity index is 3.02. The van der Waals surface area contributed by atoms with Crippen molar-refractivity contribution in [1.82, 2.24) is 0 Å². The molecule has 0 amide bonds. The molecular weight excluding hydrogens is 223 g/mol. The molecule has 1 rings (SSSR count). The number of carboxylic acid groups (broad SMARTS) is 1. The summed E-state index contributed by atoms with van der Waals surface area (Å²) in [6.45, 7) is 4.24. The van der Waals surface area contributed by atoms with Crippen LogP contribution in [-0.4, -0.2) is 34.8 Å². The molecule has 1 aromatic rings. The van der Waals surface area contributed by atoms with Crippen LogP contribution in [0.25, 0.3) is 0 Å². The Morgan fingerprint density at radius 1 is 1.41 bits per heavy atom. The summed E-state index contributed by atoms with van der Waals surface area (Å²) < 4.78 is 5.35. The van der Waals surface area contributed by atoms with Crippen molar-refractivity contribution in [2.45, 2.75) is 13.8 Å². The molecule has 0 aliphatic carbocycles. The lowest BCUT2D eigenvalue weighted by Gasteiger charge is -2.12. The van der Waals surface area contributed by atoms with Gasteiger partial charge in [0.25, 0.3) is 0 Å². The zero-order valence-corrected chi connectivity index (χ0v) is 9.75. The summed E-state index contributed by atoms with van der Waals surface area (Å²) in [5, 5.41) is 27.0. The Morgan fingerprint density at radius 2 is 2.06 bits per heavy atom. The predicted octanol–water partition coefficient (Wildman–Crippen LogP) is 0.0994. The van der Waals surface area contributed by atoms with E-state index in [0.29, 0.717) is 6.61 Å². The molecule has 0 fully saturated rings. The maximum atomic E-state index is 10.9. The van der Waals surface area contributed by atoms with Gasteiger partial charge in [0.15, 0.2) is 0 Å². The zero-order valence-electron chi connectivity index (χ0n) is 9.75. The number of benzene rings is 1. The van der Waals surface area contributed by atoms with Crippen LogP contribution in [0.5, 0.6) is 5.75 Å². The summed E-state index contributed by atoms with van der Waals surface area (Å²) in [5.74, 6) is -0.709. The molecule has 0 spiro atoms. The Labute approximate surface area is 99.8 Å². The van der Waals surface area contributed by atoms with Crippen molar-refractivity contribution in [3.63, 3.8) is 0 Å². The minimum atomic E-state index is -1.64. The average molecular weight is 238 g/mol.